The molecule has 0 aliphatic carbocycles. The normalized spacial score (nSPS) is 19.0. The first-order valence-electron chi connectivity index (χ1n) is 5.49. The molecule has 1 aromatic rings. The first-order chi connectivity index (χ1) is 8.13. The van der Waals surface area contributed by atoms with E-state index in [0.717, 1.165) is 25.1 Å². The van der Waals surface area contributed by atoms with E-state index in [1.165, 1.54) is 0 Å². The minimum atomic E-state index is -0.321. The molecule has 1 aromatic carbocycles. The van der Waals surface area contributed by atoms with Gasteiger partial charge in [-0.1, -0.05) is 0 Å². The highest BCUT2D eigenvalue weighted by molar-refractivity contribution is 5.84. The van der Waals surface area contributed by atoms with Crippen LogP contribution >= 0.6 is 0 Å². The maximum atomic E-state index is 11.3. The lowest BCUT2D eigenvalue weighted by atomic mass is 10.1. The molecule has 17 heavy (non-hydrogen) atoms. The fourth-order valence-electron chi connectivity index (χ4n) is 2.19. The van der Waals surface area contributed by atoms with E-state index < -0.39 is 0 Å². The number of hydrogen-bond acceptors (Lipinski definition) is 4. The molecule has 1 aliphatic heterocycles. The van der Waals surface area contributed by atoms with E-state index in [1.54, 1.807) is 12.1 Å². The number of nitrogens with two attached hydrogens (primary N) is 2. The Morgan fingerprint density at radius 2 is 2.29 bits per heavy atom. The molecule has 1 amide bonds. The van der Waals surface area contributed by atoms with E-state index >= 15 is 0 Å². The standard InChI is InChI=1S/C12H14N4O/c13-7-8-6-9(3-4-10(8)14)16-5-1-2-11(16)12(15)17/h3-4,6,11H,1-2,5,14H2,(H2,15,17)/t11-/m0/s1. The molecule has 0 bridgehead atoms. The van der Waals surface area contributed by atoms with Crippen LogP contribution in [0.2, 0.25) is 0 Å². The van der Waals surface area contributed by atoms with Gasteiger partial charge in [-0.15, -0.1) is 0 Å². The molecule has 0 saturated carbocycles. The predicted molar refractivity (Wildman–Crippen MR) is 65.1 cm³/mol. The number of anilines is 2. The summed E-state index contributed by atoms with van der Waals surface area (Å²) in [5, 5.41) is 8.92. The van der Waals surface area contributed by atoms with E-state index in [4.69, 9.17) is 16.7 Å². The van der Waals surface area contributed by atoms with Gasteiger partial charge in [0.15, 0.2) is 0 Å². The minimum Gasteiger partial charge on any atom is -0.398 e. The van der Waals surface area contributed by atoms with Crippen molar-refractivity contribution in [3.63, 3.8) is 0 Å². The number of carbonyl (C=O) groups excluding carboxylic acids is 1. The van der Waals surface area contributed by atoms with Crippen molar-refractivity contribution in [3.05, 3.63) is 23.8 Å². The Balaban J connectivity index is 2.34. The van der Waals surface area contributed by atoms with Gasteiger partial charge in [-0.25, -0.2) is 0 Å². The second kappa shape index (κ2) is 4.34. The van der Waals surface area contributed by atoms with Crippen LogP contribution in [-0.2, 0) is 4.79 Å². The largest absolute Gasteiger partial charge is 0.398 e. The highest BCUT2D eigenvalue weighted by Crippen LogP contribution is 2.27. The Labute approximate surface area is 99.6 Å². The van der Waals surface area contributed by atoms with Gasteiger partial charge in [-0.05, 0) is 31.0 Å². The summed E-state index contributed by atoms with van der Waals surface area (Å²) in [6.45, 7) is 0.780. The molecular formula is C12H14N4O. The van der Waals surface area contributed by atoms with E-state index in [-0.39, 0.29) is 11.9 Å². The number of amides is 1. The number of nitrogens with zero attached hydrogens (tertiary/aromatic N) is 2. The lowest BCUT2D eigenvalue weighted by Crippen LogP contribution is -2.40. The van der Waals surface area contributed by atoms with Gasteiger partial charge in [-0.3, -0.25) is 4.79 Å². The third-order valence-electron chi connectivity index (χ3n) is 3.07. The van der Waals surface area contributed by atoms with Gasteiger partial charge in [0.1, 0.15) is 12.1 Å². The molecule has 88 valence electrons. The highest BCUT2D eigenvalue weighted by Gasteiger charge is 2.29. The van der Waals surface area contributed by atoms with Crippen LogP contribution < -0.4 is 16.4 Å². The summed E-state index contributed by atoms with van der Waals surface area (Å²) in [4.78, 5) is 13.2. The van der Waals surface area contributed by atoms with Crippen LogP contribution in [0.3, 0.4) is 0 Å². The number of carbonyl (C=O) groups is 1. The van der Waals surface area contributed by atoms with E-state index in [9.17, 15) is 4.79 Å². The Kier molecular flexibility index (Phi) is 2.88. The first kappa shape index (κ1) is 11.3. The Morgan fingerprint density at radius 1 is 1.53 bits per heavy atom. The molecule has 0 radical (unpaired) electrons. The Bertz CT molecular complexity index is 492. The average Bonchev–Trinajstić information content (AvgIpc) is 2.78. The molecule has 4 N–H and O–H groups in total. The second-order valence-electron chi connectivity index (χ2n) is 4.14. The summed E-state index contributed by atoms with van der Waals surface area (Å²) in [7, 11) is 0. The molecule has 0 aromatic heterocycles. The fraction of sp³-hybridized carbons (Fsp3) is 0.333. The quantitative estimate of drug-likeness (QED) is 0.727. The molecule has 5 heteroatoms. The lowest BCUT2D eigenvalue weighted by Gasteiger charge is -2.24. The average molecular weight is 230 g/mol. The summed E-state index contributed by atoms with van der Waals surface area (Å²) in [6.07, 6.45) is 1.70. The Morgan fingerprint density at radius 3 is 2.94 bits per heavy atom. The number of nitrogen functional groups attached to an aromatic ring is 1. The molecule has 1 heterocycles. The third-order valence-corrected chi connectivity index (χ3v) is 3.07. The van der Waals surface area contributed by atoms with Crippen molar-refractivity contribution in [2.75, 3.05) is 17.2 Å². The molecule has 0 spiro atoms. The number of primary amides is 1. The van der Waals surface area contributed by atoms with Crippen molar-refractivity contribution in [2.24, 2.45) is 5.73 Å². The van der Waals surface area contributed by atoms with Crippen LogP contribution in [0.25, 0.3) is 0 Å². The predicted octanol–water partition coefficient (Wildman–Crippen LogP) is 0.595. The third kappa shape index (κ3) is 2.02. The van der Waals surface area contributed by atoms with Crippen LogP contribution in [0.5, 0.6) is 0 Å². The molecule has 0 unspecified atom stereocenters. The zero-order valence-corrected chi connectivity index (χ0v) is 9.39. The topological polar surface area (TPSA) is 96.1 Å². The van der Waals surface area contributed by atoms with Crippen molar-refractivity contribution < 1.29 is 4.79 Å². The van der Waals surface area contributed by atoms with E-state index in [0.29, 0.717) is 11.3 Å². The van der Waals surface area contributed by atoms with Crippen LogP contribution in [0.4, 0.5) is 11.4 Å². The molecule has 1 aliphatic rings. The van der Waals surface area contributed by atoms with Crippen molar-refractivity contribution in [1.82, 2.24) is 0 Å². The smallest absolute Gasteiger partial charge is 0.240 e. The molecule has 5 nitrogen and oxygen atoms in total. The van der Waals surface area contributed by atoms with Crippen LogP contribution in [0.1, 0.15) is 18.4 Å². The number of benzene rings is 1. The molecule has 1 fully saturated rings. The summed E-state index contributed by atoms with van der Waals surface area (Å²) in [6, 6.07) is 6.97. The lowest BCUT2D eigenvalue weighted by molar-refractivity contribution is -0.119. The fourth-order valence-corrected chi connectivity index (χ4v) is 2.19. The monoisotopic (exact) mass is 230 g/mol. The van der Waals surface area contributed by atoms with E-state index in [2.05, 4.69) is 0 Å². The zero-order valence-electron chi connectivity index (χ0n) is 9.39. The molecule has 1 saturated heterocycles. The number of rotatable bonds is 2. The summed E-state index contributed by atoms with van der Waals surface area (Å²) in [5.41, 5.74) is 12.7. The van der Waals surface area contributed by atoms with Gasteiger partial charge in [0.2, 0.25) is 5.91 Å². The second-order valence-corrected chi connectivity index (χ2v) is 4.14. The Hall–Kier alpha value is -2.22. The van der Waals surface area contributed by atoms with Gasteiger partial charge < -0.3 is 16.4 Å². The van der Waals surface area contributed by atoms with Crippen molar-refractivity contribution in [2.45, 2.75) is 18.9 Å². The van der Waals surface area contributed by atoms with Gasteiger partial charge in [0.05, 0.1) is 5.56 Å². The van der Waals surface area contributed by atoms with Crippen LogP contribution in [-0.4, -0.2) is 18.5 Å². The number of nitriles is 1. The van der Waals surface area contributed by atoms with Gasteiger partial charge in [-0.2, -0.15) is 5.26 Å². The van der Waals surface area contributed by atoms with Crippen LogP contribution in [0.15, 0.2) is 18.2 Å². The van der Waals surface area contributed by atoms with Gasteiger partial charge in [0.25, 0.3) is 0 Å². The van der Waals surface area contributed by atoms with Crippen molar-refractivity contribution in [3.8, 4) is 6.07 Å². The van der Waals surface area contributed by atoms with Gasteiger partial charge in [0, 0.05) is 17.9 Å². The minimum absolute atomic E-state index is 0.273. The summed E-state index contributed by atoms with van der Waals surface area (Å²) in [5.74, 6) is -0.321. The summed E-state index contributed by atoms with van der Waals surface area (Å²) < 4.78 is 0. The molecule has 2 rings (SSSR count). The summed E-state index contributed by atoms with van der Waals surface area (Å²) >= 11 is 0. The van der Waals surface area contributed by atoms with Crippen molar-refractivity contribution in [1.29, 1.82) is 5.26 Å². The molecular weight excluding hydrogens is 216 g/mol. The first-order valence-corrected chi connectivity index (χ1v) is 5.49. The number of hydrogen-bond donors (Lipinski definition) is 2. The maximum Gasteiger partial charge on any atom is 0.240 e. The molecule has 1 atom stereocenters. The highest BCUT2D eigenvalue weighted by atomic mass is 16.1. The van der Waals surface area contributed by atoms with Crippen molar-refractivity contribution >= 4 is 17.3 Å². The van der Waals surface area contributed by atoms with Gasteiger partial charge >= 0.3 is 0 Å². The zero-order chi connectivity index (χ0) is 12.4. The van der Waals surface area contributed by atoms with Crippen LogP contribution in [0, 0.1) is 11.3 Å². The maximum absolute atomic E-state index is 11.3. The van der Waals surface area contributed by atoms with E-state index in [1.807, 2.05) is 17.0 Å². The SMILES string of the molecule is N#Cc1cc(N2CCC[C@H]2C(N)=O)ccc1N.